The fraction of sp³-hybridized carbons (Fsp3) is 0.796. The van der Waals surface area contributed by atoms with Crippen molar-refractivity contribution in [2.75, 3.05) is 6.61 Å². The van der Waals surface area contributed by atoms with E-state index in [0.29, 0.717) is 12.8 Å². The highest BCUT2D eigenvalue weighted by Gasteiger charge is 2.20. The number of aliphatic hydroxyl groups is 2. The average molecular weight is 810 g/mol. The van der Waals surface area contributed by atoms with Gasteiger partial charge in [0.1, 0.15) is 0 Å². The lowest BCUT2D eigenvalue weighted by Gasteiger charge is -2.22. The van der Waals surface area contributed by atoms with Gasteiger partial charge in [-0.1, -0.05) is 254 Å². The van der Waals surface area contributed by atoms with E-state index < -0.39 is 12.1 Å². The van der Waals surface area contributed by atoms with Crippen molar-refractivity contribution in [2.24, 2.45) is 0 Å². The molecule has 0 heterocycles. The summed E-state index contributed by atoms with van der Waals surface area (Å²) in [4.78, 5) is 12.5. The van der Waals surface area contributed by atoms with E-state index in [1.807, 2.05) is 0 Å². The molecule has 1 amide bonds. The van der Waals surface area contributed by atoms with Gasteiger partial charge in [0.2, 0.25) is 5.91 Å². The largest absolute Gasteiger partial charge is 0.394 e. The number of aliphatic hydroxyl groups excluding tert-OH is 2. The van der Waals surface area contributed by atoms with Crippen LogP contribution in [-0.2, 0) is 4.79 Å². The molecule has 4 nitrogen and oxygen atoms in total. The predicted molar refractivity (Wildman–Crippen MR) is 258 cm³/mol. The normalized spacial score (nSPS) is 13.4. The molecule has 3 N–H and O–H groups in total. The first-order valence-electron chi connectivity index (χ1n) is 25.5. The average Bonchev–Trinajstić information content (AvgIpc) is 3.23. The van der Waals surface area contributed by atoms with E-state index in [0.717, 1.165) is 64.2 Å². The first-order chi connectivity index (χ1) is 28.7. The van der Waals surface area contributed by atoms with Crippen molar-refractivity contribution in [3.05, 3.63) is 60.8 Å². The topological polar surface area (TPSA) is 69.6 Å². The van der Waals surface area contributed by atoms with Crippen LogP contribution in [0.25, 0.3) is 0 Å². The molecule has 0 fully saturated rings. The molecule has 0 spiro atoms. The van der Waals surface area contributed by atoms with Crippen molar-refractivity contribution in [3.8, 4) is 0 Å². The Morgan fingerprint density at radius 1 is 0.431 bits per heavy atom. The summed E-state index contributed by atoms with van der Waals surface area (Å²) in [5, 5.41) is 23.3. The number of carbonyl (C=O) groups excluding carboxylic acids is 1. The van der Waals surface area contributed by atoms with Crippen LogP contribution in [0.2, 0.25) is 0 Å². The number of carbonyl (C=O) groups is 1. The molecule has 2 unspecified atom stereocenters. The van der Waals surface area contributed by atoms with Gasteiger partial charge in [-0.2, -0.15) is 0 Å². The molecule has 0 rings (SSSR count). The van der Waals surface area contributed by atoms with Crippen LogP contribution in [0.1, 0.15) is 258 Å². The molecule has 0 aromatic carbocycles. The number of amides is 1. The van der Waals surface area contributed by atoms with E-state index in [1.54, 1.807) is 0 Å². The first kappa shape index (κ1) is 56.1. The predicted octanol–water partition coefficient (Wildman–Crippen LogP) is 16.5. The molecule has 2 atom stereocenters. The number of hydrogen-bond acceptors (Lipinski definition) is 3. The second kappa shape index (κ2) is 49.5. The van der Waals surface area contributed by atoms with Crippen molar-refractivity contribution < 1.29 is 15.0 Å². The SMILES string of the molecule is CC/C=C\C/C=C\C/C=C\C/C=C\C/C=C\CCCCCCCCCC(=O)NC(CO)C(O)CCCCCCCCCCCCCCCCCCCCCCCCC. The van der Waals surface area contributed by atoms with Crippen LogP contribution in [0.3, 0.4) is 0 Å². The van der Waals surface area contributed by atoms with Crippen LogP contribution in [0, 0.1) is 0 Å². The summed E-state index contributed by atoms with van der Waals surface area (Å²) < 4.78 is 0. The molecular formula is C54H99NO3. The van der Waals surface area contributed by atoms with E-state index in [9.17, 15) is 15.0 Å². The van der Waals surface area contributed by atoms with Crippen molar-refractivity contribution in [2.45, 2.75) is 270 Å². The molecule has 0 aliphatic rings. The molecule has 0 aliphatic carbocycles. The number of allylic oxidation sites excluding steroid dienone is 10. The number of hydrogen-bond donors (Lipinski definition) is 3. The summed E-state index contributed by atoms with van der Waals surface area (Å²) in [6.07, 6.45) is 68.9. The van der Waals surface area contributed by atoms with Gasteiger partial charge in [-0.05, 0) is 57.8 Å². The molecule has 0 bridgehead atoms. The zero-order valence-electron chi connectivity index (χ0n) is 38.8. The Hall–Kier alpha value is -1.91. The van der Waals surface area contributed by atoms with E-state index in [1.165, 1.54) is 167 Å². The summed E-state index contributed by atoms with van der Waals surface area (Å²) in [7, 11) is 0. The van der Waals surface area contributed by atoms with Gasteiger partial charge in [0.15, 0.2) is 0 Å². The second-order valence-corrected chi connectivity index (χ2v) is 17.2. The molecule has 0 radical (unpaired) electrons. The van der Waals surface area contributed by atoms with Gasteiger partial charge in [0.25, 0.3) is 0 Å². The third kappa shape index (κ3) is 45.2. The Morgan fingerprint density at radius 3 is 1.14 bits per heavy atom. The first-order valence-corrected chi connectivity index (χ1v) is 25.5. The van der Waals surface area contributed by atoms with Gasteiger partial charge in [-0.25, -0.2) is 0 Å². The molecule has 4 heteroatoms. The number of rotatable bonds is 46. The zero-order valence-corrected chi connectivity index (χ0v) is 38.8. The maximum absolute atomic E-state index is 12.5. The van der Waals surface area contributed by atoms with Crippen LogP contribution in [0.15, 0.2) is 60.8 Å². The smallest absolute Gasteiger partial charge is 0.220 e. The van der Waals surface area contributed by atoms with Gasteiger partial charge < -0.3 is 15.5 Å². The minimum atomic E-state index is -0.668. The number of unbranched alkanes of at least 4 members (excludes halogenated alkanes) is 29. The van der Waals surface area contributed by atoms with Gasteiger partial charge in [-0.15, -0.1) is 0 Å². The Balaban J connectivity index is 3.53. The summed E-state index contributed by atoms with van der Waals surface area (Å²) in [5.74, 6) is -0.0421. The molecule has 0 aromatic heterocycles. The van der Waals surface area contributed by atoms with E-state index in [-0.39, 0.29) is 12.5 Å². The Bertz CT molecular complexity index is 965. The minimum absolute atomic E-state index is 0.0421. The van der Waals surface area contributed by atoms with E-state index in [4.69, 9.17) is 0 Å². The van der Waals surface area contributed by atoms with Gasteiger partial charge in [-0.3, -0.25) is 4.79 Å². The maximum atomic E-state index is 12.5. The van der Waals surface area contributed by atoms with Gasteiger partial charge >= 0.3 is 0 Å². The van der Waals surface area contributed by atoms with Crippen molar-refractivity contribution in [1.29, 1.82) is 0 Å². The minimum Gasteiger partial charge on any atom is -0.394 e. The fourth-order valence-electron chi connectivity index (χ4n) is 7.68. The fourth-order valence-corrected chi connectivity index (χ4v) is 7.68. The molecule has 0 saturated heterocycles. The lowest BCUT2D eigenvalue weighted by Crippen LogP contribution is -2.45. The quantitative estimate of drug-likeness (QED) is 0.0424. The van der Waals surface area contributed by atoms with E-state index >= 15 is 0 Å². The molecular weight excluding hydrogens is 711 g/mol. The summed E-state index contributed by atoms with van der Waals surface area (Å²) in [6.45, 7) is 4.26. The van der Waals surface area contributed by atoms with Crippen molar-refractivity contribution >= 4 is 5.91 Å². The van der Waals surface area contributed by atoms with Crippen LogP contribution >= 0.6 is 0 Å². The van der Waals surface area contributed by atoms with Gasteiger partial charge in [0, 0.05) is 6.42 Å². The van der Waals surface area contributed by atoms with Crippen molar-refractivity contribution in [3.63, 3.8) is 0 Å². The lowest BCUT2D eigenvalue weighted by molar-refractivity contribution is -0.123. The summed E-state index contributed by atoms with van der Waals surface area (Å²) in [5.41, 5.74) is 0. The third-order valence-corrected chi connectivity index (χ3v) is 11.5. The lowest BCUT2D eigenvalue weighted by atomic mass is 10.0. The number of nitrogens with one attached hydrogen (secondary N) is 1. The van der Waals surface area contributed by atoms with Crippen LogP contribution in [0.4, 0.5) is 0 Å². The molecule has 0 saturated carbocycles. The molecule has 0 aliphatic heterocycles. The Kier molecular flexibility index (Phi) is 47.8. The zero-order chi connectivity index (χ0) is 42.1. The molecule has 338 valence electrons. The van der Waals surface area contributed by atoms with Crippen molar-refractivity contribution in [1.82, 2.24) is 5.32 Å². The highest BCUT2D eigenvalue weighted by atomic mass is 16.3. The summed E-state index contributed by atoms with van der Waals surface area (Å²) >= 11 is 0. The van der Waals surface area contributed by atoms with Crippen LogP contribution < -0.4 is 5.32 Å². The Morgan fingerprint density at radius 2 is 0.759 bits per heavy atom. The monoisotopic (exact) mass is 810 g/mol. The second-order valence-electron chi connectivity index (χ2n) is 17.2. The van der Waals surface area contributed by atoms with Crippen LogP contribution in [-0.4, -0.2) is 34.9 Å². The highest BCUT2D eigenvalue weighted by molar-refractivity contribution is 5.76. The third-order valence-electron chi connectivity index (χ3n) is 11.5. The Labute approximate surface area is 362 Å². The van der Waals surface area contributed by atoms with Gasteiger partial charge in [0.05, 0.1) is 18.8 Å². The standard InChI is InChI=1S/C54H99NO3/c1-3-5-7-9-11-13-15-17-19-21-23-25-27-29-31-33-35-37-39-41-43-45-47-49-53(57)52(51-56)55-54(58)50-48-46-44-42-40-38-36-34-32-30-28-26-24-22-20-18-16-14-12-10-8-6-4-2/h6,8,12,14,18,20,24,26,30,32,52-53,56-57H,3-5,7,9-11,13,15-17,19,21-23,25,27-29,31,33-51H2,1-2H3,(H,55,58)/b8-6-,14-12-,20-18-,26-24-,32-30-. The van der Waals surface area contributed by atoms with Crippen LogP contribution in [0.5, 0.6) is 0 Å². The summed E-state index contributed by atoms with van der Waals surface area (Å²) in [6, 6.07) is -0.546. The molecule has 58 heavy (non-hydrogen) atoms. The van der Waals surface area contributed by atoms with E-state index in [2.05, 4.69) is 79.9 Å². The highest BCUT2D eigenvalue weighted by Crippen LogP contribution is 2.17. The maximum Gasteiger partial charge on any atom is 0.220 e. The molecule has 0 aromatic rings.